The summed E-state index contributed by atoms with van der Waals surface area (Å²) in [4.78, 5) is 4.78. The van der Waals surface area contributed by atoms with Crippen molar-refractivity contribution in [3.05, 3.63) is 65.7 Å². The number of rotatable bonds is 8. The molecule has 1 unspecified atom stereocenters. The maximum absolute atomic E-state index is 10.4. The smallest absolute Gasteiger partial charge is 0.191 e. The molecule has 5 nitrogen and oxygen atoms in total. The lowest BCUT2D eigenvalue weighted by atomic mass is 9.96. The predicted molar refractivity (Wildman–Crippen MR) is 125 cm³/mol. The maximum Gasteiger partial charge on any atom is 0.191 e. The number of ether oxygens (including phenoxy) is 1. The standard InChI is InChI=1S/C22H29N3O2.HI/c1-3-23-21(24-15-20(26)17-9-11-19(27-2)12-10-17)25-16-22(13-14-22)18-7-5-4-6-8-18;/h4-12,20,26H,3,13-16H2,1-2H3,(H2,23,24,25);1H. The first-order valence-electron chi connectivity index (χ1n) is 9.56. The number of halogens is 1. The molecule has 0 radical (unpaired) electrons. The monoisotopic (exact) mass is 495 g/mol. The highest BCUT2D eigenvalue weighted by molar-refractivity contribution is 14.0. The normalized spacial score (nSPS) is 15.9. The van der Waals surface area contributed by atoms with Gasteiger partial charge < -0.3 is 20.5 Å². The summed E-state index contributed by atoms with van der Waals surface area (Å²) < 4.78 is 5.16. The zero-order chi connectivity index (χ0) is 19.1. The summed E-state index contributed by atoms with van der Waals surface area (Å²) in [6.07, 6.45) is 1.74. The summed E-state index contributed by atoms with van der Waals surface area (Å²) in [5.74, 6) is 1.52. The summed E-state index contributed by atoms with van der Waals surface area (Å²) in [5.41, 5.74) is 2.39. The number of nitrogens with zero attached hydrogens (tertiary/aromatic N) is 1. The molecule has 28 heavy (non-hydrogen) atoms. The highest BCUT2D eigenvalue weighted by atomic mass is 127. The SMILES string of the molecule is CCNC(=NCC1(c2ccccc2)CC1)NCC(O)c1ccc(OC)cc1.I. The van der Waals surface area contributed by atoms with Crippen molar-refractivity contribution < 1.29 is 9.84 Å². The van der Waals surface area contributed by atoms with E-state index in [1.54, 1.807) is 7.11 Å². The number of aliphatic hydroxyl groups is 1. The van der Waals surface area contributed by atoms with Gasteiger partial charge in [-0.1, -0.05) is 42.5 Å². The Morgan fingerprint density at radius 2 is 1.79 bits per heavy atom. The van der Waals surface area contributed by atoms with Gasteiger partial charge in [0.2, 0.25) is 0 Å². The Morgan fingerprint density at radius 3 is 2.36 bits per heavy atom. The van der Waals surface area contributed by atoms with Gasteiger partial charge in [0.25, 0.3) is 0 Å². The van der Waals surface area contributed by atoms with E-state index < -0.39 is 6.10 Å². The Bertz CT molecular complexity index is 746. The van der Waals surface area contributed by atoms with Crippen LogP contribution in [0.3, 0.4) is 0 Å². The molecule has 0 aliphatic heterocycles. The van der Waals surface area contributed by atoms with Crippen LogP contribution in [0.2, 0.25) is 0 Å². The van der Waals surface area contributed by atoms with E-state index in [9.17, 15) is 5.11 Å². The van der Waals surface area contributed by atoms with E-state index in [1.807, 2.05) is 31.2 Å². The molecule has 1 fully saturated rings. The van der Waals surface area contributed by atoms with E-state index in [4.69, 9.17) is 9.73 Å². The van der Waals surface area contributed by atoms with Gasteiger partial charge in [-0.05, 0) is 43.0 Å². The van der Waals surface area contributed by atoms with Crippen molar-refractivity contribution in [3.8, 4) is 5.75 Å². The molecular weight excluding hydrogens is 465 g/mol. The van der Waals surface area contributed by atoms with Gasteiger partial charge in [0.1, 0.15) is 5.75 Å². The van der Waals surface area contributed by atoms with Gasteiger partial charge in [-0.25, -0.2) is 0 Å². The van der Waals surface area contributed by atoms with Crippen LogP contribution in [0, 0.1) is 0 Å². The van der Waals surface area contributed by atoms with Crippen molar-refractivity contribution in [1.82, 2.24) is 10.6 Å². The summed E-state index contributed by atoms with van der Waals surface area (Å²) in [6.45, 7) is 3.98. The molecule has 152 valence electrons. The van der Waals surface area contributed by atoms with Crippen LogP contribution in [-0.4, -0.2) is 37.8 Å². The van der Waals surface area contributed by atoms with Gasteiger partial charge >= 0.3 is 0 Å². The summed E-state index contributed by atoms with van der Waals surface area (Å²) in [6, 6.07) is 18.1. The topological polar surface area (TPSA) is 65.9 Å². The van der Waals surface area contributed by atoms with E-state index in [1.165, 1.54) is 18.4 Å². The quantitative estimate of drug-likeness (QED) is 0.297. The molecule has 1 aliphatic carbocycles. The molecule has 3 N–H and O–H groups in total. The number of hydrogen-bond donors (Lipinski definition) is 3. The number of aliphatic hydroxyl groups excluding tert-OH is 1. The Morgan fingerprint density at radius 1 is 1.11 bits per heavy atom. The van der Waals surface area contributed by atoms with Crippen LogP contribution in [0.4, 0.5) is 0 Å². The molecule has 1 atom stereocenters. The second-order valence-corrected chi connectivity index (χ2v) is 7.01. The van der Waals surface area contributed by atoms with Crippen LogP contribution < -0.4 is 15.4 Å². The van der Waals surface area contributed by atoms with E-state index in [0.717, 1.165) is 30.4 Å². The first-order valence-corrected chi connectivity index (χ1v) is 9.56. The Kier molecular flexibility index (Phi) is 8.57. The predicted octanol–water partition coefficient (Wildman–Crippen LogP) is 3.63. The minimum Gasteiger partial charge on any atom is -0.497 e. The van der Waals surface area contributed by atoms with Gasteiger partial charge in [0, 0.05) is 18.5 Å². The maximum atomic E-state index is 10.4. The van der Waals surface area contributed by atoms with Crippen LogP contribution in [0.1, 0.15) is 37.0 Å². The van der Waals surface area contributed by atoms with Gasteiger partial charge in [0.15, 0.2) is 5.96 Å². The fourth-order valence-corrected chi connectivity index (χ4v) is 3.19. The van der Waals surface area contributed by atoms with E-state index >= 15 is 0 Å². The summed E-state index contributed by atoms with van der Waals surface area (Å²) in [7, 11) is 1.63. The zero-order valence-electron chi connectivity index (χ0n) is 16.5. The fourth-order valence-electron chi connectivity index (χ4n) is 3.19. The lowest BCUT2D eigenvalue weighted by Crippen LogP contribution is -2.40. The third-order valence-electron chi connectivity index (χ3n) is 5.09. The van der Waals surface area contributed by atoms with Gasteiger partial charge in [-0.2, -0.15) is 0 Å². The van der Waals surface area contributed by atoms with Crippen LogP contribution in [0.5, 0.6) is 5.75 Å². The van der Waals surface area contributed by atoms with Crippen LogP contribution >= 0.6 is 24.0 Å². The molecule has 0 bridgehead atoms. The number of methoxy groups -OCH3 is 1. The molecule has 0 spiro atoms. The molecule has 0 aromatic heterocycles. The molecular formula is C22H30IN3O2. The van der Waals surface area contributed by atoms with Crippen molar-refractivity contribution >= 4 is 29.9 Å². The molecule has 0 amide bonds. The van der Waals surface area contributed by atoms with Gasteiger partial charge in [-0.15, -0.1) is 24.0 Å². The highest BCUT2D eigenvalue weighted by Gasteiger charge is 2.43. The second-order valence-electron chi connectivity index (χ2n) is 7.01. The average molecular weight is 495 g/mol. The zero-order valence-corrected chi connectivity index (χ0v) is 18.9. The Hall–Kier alpha value is -1.80. The van der Waals surface area contributed by atoms with Crippen molar-refractivity contribution in [2.75, 3.05) is 26.7 Å². The summed E-state index contributed by atoms with van der Waals surface area (Å²) >= 11 is 0. The van der Waals surface area contributed by atoms with Crippen LogP contribution in [0.15, 0.2) is 59.6 Å². The molecule has 1 aliphatic rings. The fraction of sp³-hybridized carbons (Fsp3) is 0.409. The number of guanidine groups is 1. The minimum absolute atomic E-state index is 0. The lowest BCUT2D eigenvalue weighted by molar-refractivity contribution is 0.180. The number of nitrogens with one attached hydrogen (secondary N) is 2. The van der Waals surface area contributed by atoms with Gasteiger partial charge in [-0.3, -0.25) is 4.99 Å². The van der Waals surface area contributed by atoms with Gasteiger partial charge in [0.05, 0.1) is 19.8 Å². The Labute approximate surface area is 184 Å². The van der Waals surface area contributed by atoms with Crippen molar-refractivity contribution in [3.63, 3.8) is 0 Å². The molecule has 2 aromatic rings. The third-order valence-corrected chi connectivity index (χ3v) is 5.09. The first-order chi connectivity index (χ1) is 13.2. The average Bonchev–Trinajstić information content (AvgIpc) is 3.52. The van der Waals surface area contributed by atoms with Crippen LogP contribution in [-0.2, 0) is 5.41 Å². The molecule has 0 heterocycles. The minimum atomic E-state index is -0.608. The number of benzene rings is 2. The molecule has 2 aromatic carbocycles. The van der Waals surface area contributed by atoms with E-state index in [0.29, 0.717) is 6.54 Å². The molecule has 3 rings (SSSR count). The van der Waals surface area contributed by atoms with Crippen LogP contribution in [0.25, 0.3) is 0 Å². The highest BCUT2D eigenvalue weighted by Crippen LogP contribution is 2.48. The first kappa shape index (κ1) is 22.5. The largest absolute Gasteiger partial charge is 0.497 e. The van der Waals surface area contributed by atoms with E-state index in [2.05, 4.69) is 41.0 Å². The third kappa shape index (κ3) is 5.85. The summed E-state index contributed by atoms with van der Waals surface area (Å²) in [5, 5.41) is 17.0. The van der Waals surface area contributed by atoms with E-state index in [-0.39, 0.29) is 29.4 Å². The molecule has 6 heteroatoms. The van der Waals surface area contributed by atoms with Crippen molar-refractivity contribution in [2.45, 2.75) is 31.3 Å². The molecule has 1 saturated carbocycles. The Balaban J connectivity index is 0.00000280. The number of aliphatic imine (C=N–C) groups is 1. The second kappa shape index (κ2) is 10.7. The number of hydrogen-bond acceptors (Lipinski definition) is 3. The van der Waals surface area contributed by atoms with Crippen molar-refractivity contribution in [2.24, 2.45) is 4.99 Å². The lowest BCUT2D eigenvalue weighted by Gasteiger charge is -2.18. The van der Waals surface area contributed by atoms with Crippen molar-refractivity contribution in [1.29, 1.82) is 0 Å². The molecule has 0 saturated heterocycles.